The van der Waals surface area contributed by atoms with Crippen LogP contribution in [0.25, 0.3) is 10.9 Å². The summed E-state index contributed by atoms with van der Waals surface area (Å²) in [6.07, 6.45) is -5.00. The van der Waals surface area contributed by atoms with Crippen molar-refractivity contribution in [2.45, 2.75) is 25.2 Å². The van der Waals surface area contributed by atoms with Crippen LogP contribution < -0.4 is 5.32 Å². The van der Waals surface area contributed by atoms with Crippen molar-refractivity contribution in [1.82, 2.24) is 9.88 Å². The number of aromatic nitrogens is 1. The average molecular weight is 359 g/mol. The zero-order chi connectivity index (χ0) is 18.8. The average Bonchev–Trinajstić information content (AvgIpc) is 2.87. The van der Waals surface area contributed by atoms with Gasteiger partial charge in [-0.3, -0.25) is 14.9 Å². The van der Waals surface area contributed by atoms with E-state index in [1.165, 1.54) is 35.0 Å². The highest BCUT2D eigenvalue weighted by molar-refractivity contribution is 5.86. The normalized spacial score (nSPS) is 12.8. The molecule has 1 unspecified atom stereocenters. The summed E-state index contributed by atoms with van der Waals surface area (Å²) in [5, 5.41) is 21.8. The Kier molecular flexibility index (Phi) is 4.95. The van der Waals surface area contributed by atoms with Crippen LogP contribution in [0, 0.1) is 10.1 Å². The number of carboxylic acid groups (broad SMARTS) is 1. The van der Waals surface area contributed by atoms with Crippen molar-refractivity contribution in [3.05, 3.63) is 40.6 Å². The quantitative estimate of drug-likeness (QED) is 0.605. The van der Waals surface area contributed by atoms with Gasteiger partial charge in [0.1, 0.15) is 12.6 Å². The minimum atomic E-state index is -4.74. The molecular formula is C14H12F3N3O5. The number of benzene rings is 1. The van der Waals surface area contributed by atoms with Crippen LogP contribution >= 0.6 is 0 Å². The maximum Gasteiger partial charge on any atom is 0.391 e. The fourth-order valence-corrected chi connectivity index (χ4v) is 2.27. The van der Waals surface area contributed by atoms with E-state index in [1.807, 2.05) is 5.32 Å². The molecule has 0 saturated carbocycles. The van der Waals surface area contributed by atoms with Gasteiger partial charge in [-0.05, 0) is 12.1 Å². The molecule has 1 aromatic carbocycles. The van der Waals surface area contributed by atoms with E-state index >= 15 is 0 Å². The van der Waals surface area contributed by atoms with Gasteiger partial charge in [0.15, 0.2) is 0 Å². The van der Waals surface area contributed by atoms with Crippen molar-refractivity contribution in [1.29, 1.82) is 0 Å². The molecule has 25 heavy (non-hydrogen) atoms. The lowest BCUT2D eigenvalue weighted by Gasteiger charge is -2.16. The lowest BCUT2D eigenvalue weighted by molar-refractivity contribution is -0.384. The first-order valence-electron chi connectivity index (χ1n) is 6.89. The smallest absolute Gasteiger partial charge is 0.391 e. The van der Waals surface area contributed by atoms with Crippen molar-refractivity contribution in [2.75, 3.05) is 0 Å². The van der Waals surface area contributed by atoms with Crippen molar-refractivity contribution < 1.29 is 32.8 Å². The highest BCUT2D eigenvalue weighted by Gasteiger charge is 2.36. The van der Waals surface area contributed by atoms with Gasteiger partial charge in [0.25, 0.3) is 5.69 Å². The van der Waals surface area contributed by atoms with Crippen LogP contribution in [0.3, 0.4) is 0 Å². The number of non-ortho nitro benzene ring substituents is 1. The molecule has 1 amide bonds. The minimum absolute atomic E-state index is 0.147. The number of rotatable bonds is 6. The molecule has 0 aliphatic carbocycles. The fourth-order valence-electron chi connectivity index (χ4n) is 2.27. The zero-order valence-electron chi connectivity index (χ0n) is 12.5. The third kappa shape index (κ3) is 4.68. The highest BCUT2D eigenvalue weighted by atomic mass is 19.4. The molecule has 8 nitrogen and oxygen atoms in total. The molecule has 0 bridgehead atoms. The van der Waals surface area contributed by atoms with Gasteiger partial charge < -0.3 is 15.0 Å². The van der Waals surface area contributed by atoms with Crippen molar-refractivity contribution >= 4 is 28.5 Å². The predicted octanol–water partition coefficient (Wildman–Crippen LogP) is 2.07. The number of carbonyl (C=O) groups is 2. The van der Waals surface area contributed by atoms with E-state index < -0.39 is 42.0 Å². The molecule has 0 aliphatic rings. The number of carboxylic acids is 1. The number of nitrogens with zero attached hydrogens (tertiary/aromatic N) is 2. The van der Waals surface area contributed by atoms with Crippen molar-refractivity contribution in [2.24, 2.45) is 0 Å². The number of hydrogen-bond donors (Lipinski definition) is 2. The molecule has 0 radical (unpaired) electrons. The number of hydrogen-bond acceptors (Lipinski definition) is 4. The van der Waals surface area contributed by atoms with Gasteiger partial charge in [0.05, 0.1) is 11.3 Å². The lowest BCUT2D eigenvalue weighted by Crippen LogP contribution is -2.44. The largest absolute Gasteiger partial charge is 0.480 e. The van der Waals surface area contributed by atoms with E-state index in [0.29, 0.717) is 10.9 Å². The molecular weight excluding hydrogens is 347 g/mol. The number of nitrogens with one attached hydrogen (secondary N) is 1. The number of nitro groups is 1. The number of aliphatic carboxylic acids is 1. The third-order valence-electron chi connectivity index (χ3n) is 3.35. The SMILES string of the molecule is O=C(Cn1ccc2cc([N+](=O)[O-])ccc21)NC(CC(F)(F)F)C(=O)O. The summed E-state index contributed by atoms with van der Waals surface area (Å²) in [7, 11) is 0. The zero-order valence-corrected chi connectivity index (χ0v) is 12.5. The Morgan fingerprint density at radius 2 is 2.00 bits per heavy atom. The van der Waals surface area contributed by atoms with Crippen LogP contribution in [0.2, 0.25) is 0 Å². The molecule has 0 fully saturated rings. The molecule has 1 aromatic heterocycles. The third-order valence-corrected chi connectivity index (χ3v) is 3.35. The van der Waals surface area contributed by atoms with E-state index in [2.05, 4.69) is 0 Å². The van der Waals surface area contributed by atoms with Crippen LogP contribution in [0.1, 0.15) is 6.42 Å². The maximum atomic E-state index is 12.3. The topological polar surface area (TPSA) is 114 Å². The Bertz CT molecular complexity index is 831. The Balaban J connectivity index is 2.13. The Labute approximate surface area is 138 Å². The number of alkyl halides is 3. The lowest BCUT2D eigenvalue weighted by atomic mass is 10.2. The molecule has 2 N–H and O–H groups in total. The minimum Gasteiger partial charge on any atom is -0.480 e. The van der Waals surface area contributed by atoms with Crippen LogP contribution in [0.5, 0.6) is 0 Å². The molecule has 11 heteroatoms. The summed E-state index contributed by atoms with van der Waals surface area (Å²) in [4.78, 5) is 32.8. The predicted molar refractivity (Wildman–Crippen MR) is 78.8 cm³/mol. The monoisotopic (exact) mass is 359 g/mol. The summed E-state index contributed by atoms with van der Waals surface area (Å²) in [6, 6.07) is 3.31. The summed E-state index contributed by atoms with van der Waals surface area (Å²) >= 11 is 0. The second-order valence-corrected chi connectivity index (χ2v) is 5.22. The van der Waals surface area contributed by atoms with E-state index in [4.69, 9.17) is 5.11 Å². The van der Waals surface area contributed by atoms with Gasteiger partial charge in [0.2, 0.25) is 5.91 Å². The first-order valence-corrected chi connectivity index (χ1v) is 6.89. The van der Waals surface area contributed by atoms with Crippen LogP contribution in [-0.4, -0.2) is 38.7 Å². The second kappa shape index (κ2) is 6.79. The van der Waals surface area contributed by atoms with Gasteiger partial charge >= 0.3 is 12.1 Å². The molecule has 0 saturated heterocycles. The van der Waals surface area contributed by atoms with Crippen molar-refractivity contribution in [3.63, 3.8) is 0 Å². The van der Waals surface area contributed by atoms with E-state index in [-0.39, 0.29) is 5.69 Å². The van der Waals surface area contributed by atoms with E-state index in [9.17, 15) is 32.9 Å². The molecule has 0 aliphatic heterocycles. The summed E-state index contributed by atoms with van der Waals surface area (Å²) in [6.45, 7) is -0.428. The van der Waals surface area contributed by atoms with Gasteiger partial charge in [-0.15, -0.1) is 0 Å². The van der Waals surface area contributed by atoms with Crippen LogP contribution in [0.4, 0.5) is 18.9 Å². The second-order valence-electron chi connectivity index (χ2n) is 5.22. The van der Waals surface area contributed by atoms with Gasteiger partial charge in [-0.1, -0.05) is 0 Å². The molecule has 2 aromatic rings. The summed E-state index contributed by atoms with van der Waals surface area (Å²) < 4.78 is 38.3. The first kappa shape index (κ1) is 18.2. The first-order chi connectivity index (χ1) is 11.6. The van der Waals surface area contributed by atoms with Gasteiger partial charge in [-0.2, -0.15) is 13.2 Å². The van der Waals surface area contributed by atoms with Gasteiger partial charge in [-0.25, -0.2) is 4.79 Å². The van der Waals surface area contributed by atoms with Crippen LogP contribution in [0.15, 0.2) is 30.5 Å². The van der Waals surface area contributed by atoms with Crippen molar-refractivity contribution in [3.8, 4) is 0 Å². The fraction of sp³-hybridized carbons (Fsp3) is 0.286. The van der Waals surface area contributed by atoms with E-state index in [0.717, 1.165) is 0 Å². The molecule has 2 rings (SSSR count). The molecule has 134 valence electrons. The number of halogens is 3. The summed E-state index contributed by atoms with van der Waals surface area (Å²) in [5.41, 5.74) is 0.300. The Morgan fingerprint density at radius 3 is 2.56 bits per heavy atom. The number of fused-ring (bicyclic) bond motifs is 1. The number of nitro benzene ring substituents is 1. The Hall–Kier alpha value is -3.11. The molecule has 1 heterocycles. The highest BCUT2D eigenvalue weighted by Crippen LogP contribution is 2.23. The summed E-state index contributed by atoms with van der Waals surface area (Å²) in [5.74, 6) is -2.72. The number of carbonyl (C=O) groups excluding carboxylic acids is 1. The maximum absolute atomic E-state index is 12.3. The standard InChI is InChI=1S/C14H12F3N3O5/c15-14(16,17)6-10(13(22)23)18-12(21)7-19-4-3-8-5-9(20(24)25)1-2-11(8)19/h1-5,10H,6-7H2,(H,18,21)(H,22,23). The molecule has 0 spiro atoms. The van der Waals surface area contributed by atoms with E-state index in [1.54, 1.807) is 0 Å². The number of amides is 1. The molecule has 1 atom stereocenters. The van der Waals surface area contributed by atoms with Gasteiger partial charge in [0, 0.05) is 29.2 Å². The van der Waals surface area contributed by atoms with Crippen LogP contribution in [-0.2, 0) is 16.1 Å². The Morgan fingerprint density at radius 1 is 1.32 bits per heavy atom.